The van der Waals surface area contributed by atoms with E-state index in [0.29, 0.717) is 49.5 Å². The normalized spacial score (nSPS) is 14.2. The van der Waals surface area contributed by atoms with Gasteiger partial charge in [-0.1, -0.05) is 0 Å². The summed E-state index contributed by atoms with van der Waals surface area (Å²) in [6.07, 6.45) is 3.44. The van der Waals surface area contributed by atoms with E-state index in [2.05, 4.69) is 16.0 Å². The third-order valence-corrected chi connectivity index (χ3v) is 5.68. The number of carbonyl (C=O) groups is 1. The Morgan fingerprint density at radius 2 is 2.04 bits per heavy atom. The standard InChI is InChI=1S/C19H18N6O2S/c20-12-14-2-1-5-21-17(14)24-9-7-23(8-10-24)16(26)3-6-25-13-22-18-15(19(25)27)4-11-28-18/h1-2,4-5,11,13H,3,6-10H2. The molecule has 9 heteroatoms. The van der Waals surface area contributed by atoms with E-state index in [1.807, 2.05) is 10.3 Å². The highest BCUT2D eigenvalue weighted by Crippen LogP contribution is 2.18. The maximum Gasteiger partial charge on any atom is 0.262 e. The number of amides is 1. The van der Waals surface area contributed by atoms with E-state index in [1.165, 1.54) is 22.2 Å². The number of aromatic nitrogens is 3. The third kappa shape index (κ3) is 3.46. The zero-order valence-corrected chi connectivity index (χ0v) is 15.9. The van der Waals surface area contributed by atoms with Crippen LogP contribution in [0.3, 0.4) is 0 Å². The number of fused-ring (bicyclic) bond motifs is 1. The number of nitriles is 1. The van der Waals surface area contributed by atoms with E-state index in [1.54, 1.807) is 29.3 Å². The molecule has 0 radical (unpaired) electrons. The van der Waals surface area contributed by atoms with Crippen LogP contribution in [0, 0.1) is 11.3 Å². The molecule has 0 spiro atoms. The van der Waals surface area contributed by atoms with Crippen LogP contribution in [0.25, 0.3) is 10.2 Å². The SMILES string of the molecule is N#Cc1cccnc1N1CCN(C(=O)CCn2cnc3sccc3c2=O)CC1. The van der Waals surface area contributed by atoms with E-state index >= 15 is 0 Å². The van der Waals surface area contributed by atoms with E-state index in [-0.39, 0.29) is 17.9 Å². The van der Waals surface area contributed by atoms with Crippen LogP contribution in [0.2, 0.25) is 0 Å². The van der Waals surface area contributed by atoms with Gasteiger partial charge < -0.3 is 9.80 Å². The molecule has 0 bridgehead atoms. The topological polar surface area (TPSA) is 95.1 Å². The predicted molar refractivity (Wildman–Crippen MR) is 106 cm³/mol. The number of hydrogen-bond acceptors (Lipinski definition) is 7. The van der Waals surface area contributed by atoms with Gasteiger partial charge in [0.2, 0.25) is 5.91 Å². The van der Waals surface area contributed by atoms with Crippen molar-refractivity contribution in [3.8, 4) is 6.07 Å². The van der Waals surface area contributed by atoms with Crippen molar-refractivity contribution in [2.75, 3.05) is 31.1 Å². The molecule has 1 aliphatic heterocycles. The summed E-state index contributed by atoms with van der Waals surface area (Å²) in [7, 11) is 0. The molecule has 3 aromatic heterocycles. The second-order valence-corrected chi connectivity index (χ2v) is 7.38. The van der Waals surface area contributed by atoms with Crippen molar-refractivity contribution in [3.05, 3.63) is 52.0 Å². The summed E-state index contributed by atoms with van der Waals surface area (Å²) < 4.78 is 1.50. The van der Waals surface area contributed by atoms with Crippen LogP contribution in [0.1, 0.15) is 12.0 Å². The average molecular weight is 394 g/mol. The first-order chi connectivity index (χ1) is 13.7. The Hall–Kier alpha value is -3.25. The van der Waals surface area contributed by atoms with Crippen molar-refractivity contribution in [2.24, 2.45) is 0 Å². The van der Waals surface area contributed by atoms with Gasteiger partial charge in [-0.25, -0.2) is 9.97 Å². The van der Waals surface area contributed by atoms with Crippen LogP contribution in [0.5, 0.6) is 0 Å². The highest BCUT2D eigenvalue weighted by molar-refractivity contribution is 7.16. The second kappa shape index (κ2) is 7.78. The molecule has 3 aromatic rings. The minimum absolute atomic E-state index is 0.0125. The Morgan fingerprint density at radius 3 is 2.82 bits per heavy atom. The quantitative estimate of drug-likeness (QED) is 0.665. The van der Waals surface area contributed by atoms with Crippen LogP contribution >= 0.6 is 11.3 Å². The average Bonchev–Trinajstić information content (AvgIpc) is 3.23. The largest absolute Gasteiger partial charge is 0.352 e. The monoisotopic (exact) mass is 394 g/mol. The van der Waals surface area contributed by atoms with E-state index < -0.39 is 0 Å². The lowest BCUT2D eigenvalue weighted by molar-refractivity contribution is -0.131. The van der Waals surface area contributed by atoms with E-state index in [4.69, 9.17) is 0 Å². The molecule has 0 atom stereocenters. The van der Waals surface area contributed by atoms with Gasteiger partial charge in [-0.15, -0.1) is 11.3 Å². The summed E-state index contributed by atoms with van der Waals surface area (Å²) in [6, 6.07) is 7.41. The van der Waals surface area contributed by atoms with Gasteiger partial charge in [-0.2, -0.15) is 5.26 Å². The predicted octanol–water partition coefficient (Wildman–Crippen LogP) is 1.46. The number of anilines is 1. The molecule has 4 rings (SSSR count). The fraction of sp³-hybridized carbons (Fsp3) is 0.316. The smallest absolute Gasteiger partial charge is 0.262 e. The molecule has 1 saturated heterocycles. The molecule has 1 fully saturated rings. The Bertz CT molecular complexity index is 1110. The first kappa shape index (κ1) is 18.1. The first-order valence-corrected chi connectivity index (χ1v) is 9.86. The van der Waals surface area contributed by atoms with Gasteiger partial charge in [-0.3, -0.25) is 14.2 Å². The summed E-state index contributed by atoms with van der Waals surface area (Å²) in [6.45, 7) is 2.70. The molecule has 1 aliphatic rings. The number of nitrogens with zero attached hydrogens (tertiary/aromatic N) is 6. The minimum atomic E-state index is -0.108. The minimum Gasteiger partial charge on any atom is -0.352 e. The van der Waals surface area contributed by atoms with Crippen molar-refractivity contribution in [3.63, 3.8) is 0 Å². The molecule has 1 amide bonds. The summed E-state index contributed by atoms with van der Waals surface area (Å²) in [5, 5.41) is 11.7. The fourth-order valence-electron chi connectivity index (χ4n) is 3.33. The lowest BCUT2D eigenvalue weighted by Crippen LogP contribution is -2.49. The van der Waals surface area contributed by atoms with Gasteiger partial charge in [0.05, 0.1) is 17.3 Å². The summed E-state index contributed by atoms with van der Waals surface area (Å²) in [5.74, 6) is 0.678. The maximum absolute atomic E-state index is 12.6. The van der Waals surface area contributed by atoms with Crippen molar-refractivity contribution >= 4 is 33.3 Å². The number of piperazine rings is 1. The first-order valence-electron chi connectivity index (χ1n) is 8.98. The Labute approximate surface area is 165 Å². The van der Waals surface area contributed by atoms with Crippen molar-refractivity contribution < 1.29 is 4.79 Å². The van der Waals surface area contributed by atoms with Crippen molar-refractivity contribution in [2.45, 2.75) is 13.0 Å². The highest BCUT2D eigenvalue weighted by Gasteiger charge is 2.23. The van der Waals surface area contributed by atoms with E-state index in [9.17, 15) is 14.9 Å². The molecule has 8 nitrogen and oxygen atoms in total. The van der Waals surface area contributed by atoms with Crippen LogP contribution in [0.4, 0.5) is 5.82 Å². The molecule has 0 aromatic carbocycles. The number of hydrogen-bond donors (Lipinski definition) is 0. The molecule has 0 N–H and O–H groups in total. The number of thiophene rings is 1. The van der Waals surface area contributed by atoms with Gasteiger partial charge in [0, 0.05) is 45.3 Å². The van der Waals surface area contributed by atoms with Gasteiger partial charge in [0.1, 0.15) is 16.7 Å². The lowest BCUT2D eigenvalue weighted by atomic mass is 10.2. The number of rotatable bonds is 4. The van der Waals surface area contributed by atoms with Crippen LogP contribution in [0.15, 0.2) is 40.9 Å². The Kier molecular flexibility index (Phi) is 5.04. The molecular weight excluding hydrogens is 376 g/mol. The van der Waals surface area contributed by atoms with Gasteiger partial charge >= 0.3 is 0 Å². The number of aryl methyl sites for hydroxylation is 1. The number of carbonyl (C=O) groups excluding carboxylic acids is 1. The van der Waals surface area contributed by atoms with Crippen LogP contribution < -0.4 is 10.5 Å². The molecule has 0 saturated carbocycles. The van der Waals surface area contributed by atoms with Crippen molar-refractivity contribution in [1.29, 1.82) is 5.26 Å². The summed E-state index contributed by atoms with van der Waals surface area (Å²) in [4.78, 5) is 38.1. The molecule has 142 valence electrons. The Morgan fingerprint density at radius 1 is 1.21 bits per heavy atom. The zero-order chi connectivity index (χ0) is 19.5. The zero-order valence-electron chi connectivity index (χ0n) is 15.1. The van der Waals surface area contributed by atoms with Crippen molar-refractivity contribution in [1.82, 2.24) is 19.4 Å². The number of pyridine rings is 1. The van der Waals surface area contributed by atoms with Crippen LogP contribution in [-0.4, -0.2) is 51.5 Å². The molecular formula is C19H18N6O2S. The lowest BCUT2D eigenvalue weighted by Gasteiger charge is -2.35. The maximum atomic E-state index is 12.6. The molecule has 0 aliphatic carbocycles. The van der Waals surface area contributed by atoms with E-state index in [0.717, 1.165) is 4.83 Å². The molecule has 28 heavy (non-hydrogen) atoms. The summed E-state index contributed by atoms with van der Waals surface area (Å²) >= 11 is 1.43. The Balaban J connectivity index is 1.36. The molecule has 0 unspecified atom stereocenters. The van der Waals surface area contributed by atoms with Crippen LogP contribution in [-0.2, 0) is 11.3 Å². The van der Waals surface area contributed by atoms with Gasteiger partial charge in [0.25, 0.3) is 5.56 Å². The second-order valence-electron chi connectivity index (χ2n) is 6.49. The van der Waals surface area contributed by atoms with Gasteiger partial charge in [-0.05, 0) is 23.6 Å². The molecule has 4 heterocycles. The highest BCUT2D eigenvalue weighted by atomic mass is 32.1. The van der Waals surface area contributed by atoms with Gasteiger partial charge in [0.15, 0.2) is 0 Å². The fourth-order valence-corrected chi connectivity index (χ4v) is 4.05. The third-order valence-electron chi connectivity index (χ3n) is 4.86. The summed E-state index contributed by atoms with van der Waals surface area (Å²) in [5.41, 5.74) is 0.432.